The van der Waals surface area contributed by atoms with Crippen LogP contribution in [0.1, 0.15) is 103 Å². The quantitative estimate of drug-likeness (QED) is 0.351. The van der Waals surface area contributed by atoms with E-state index in [9.17, 15) is 14.7 Å². The number of esters is 1. The summed E-state index contributed by atoms with van der Waals surface area (Å²) in [5, 5.41) is 19.1. The molecule has 146 valence electrons. The smallest absolute Gasteiger partial charge is 0.309 e. The van der Waals surface area contributed by atoms with Gasteiger partial charge in [0.2, 0.25) is 0 Å². The Bertz CT molecular complexity index is 392. The monoisotopic (exact) mass is 356 g/mol. The molecule has 2 atom stereocenters. The number of ether oxygens (including phenoxy) is 1. The lowest BCUT2D eigenvalue weighted by atomic mass is 9.85. The van der Waals surface area contributed by atoms with Gasteiger partial charge in [-0.25, -0.2) is 0 Å². The fourth-order valence-electron chi connectivity index (χ4n) is 3.65. The summed E-state index contributed by atoms with van der Waals surface area (Å²) in [6.07, 6.45) is 13.8. The highest BCUT2D eigenvalue weighted by Gasteiger charge is 2.41. The average Bonchev–Trinajstić information content (AvgIpc) is 2.50. The fourth-order valence-corrected chi connectivity index (χ4v) is 3.65. The second-order valence-corrected chi connectivity index (χ2v) is 7.61. The van der Waals surface area contributed by atoms with E-state index in [4.69, 9.17) is 9.84 Å². The molecule has 0 spiro atoms. The molecule has 25 heavy (non-hydrogen) atoms. The summed E-state index contributed by atoms with van der Waals surface area (Å²) in [5.41, 5.74) is -1.44. The molecule has 2 unspecified atom stereocenters. The number of hydrogen-bond acceptors (Lipinski definition) is 4. The number of aliphatic hydroxyl groups is 1. The number of unbranched alkanes of at least 4 members (excludes halogenated alkanes) is 10. The van der Waals surface area contributed by atoms with E-state index >= 15 is 0 Å². The van der Waals surface area contributed by atoms with Crippen molar-refractivity contribution in [1.82, 2.24) is 0 Å². The summed E-state index contributed by atoms with van der Waals surface area (Å²) in [6.45, 7) is 2.24. The lowest BCUT2D eigenvalue weighted by molar-refractivity contribution is -0.173. The van der Waals surface area contributed by atoms with E-state index in [1.165, 1.54) is 57.8 Å². The predicted octanol–water partition coefficient (Wildman–Crippen LogP) is 4.60. The molecule has 1 fully saturated rings. The number of aliphatic carboxylic acids is 1. The van der Waals surface area contributed by atoms with Crippen molar-refractivity contribution >= 4 is 11.9 Å². The van der Waals surface area contributed by atoms with Crippen LogP contribution < -0.4 is 0 Å². The molecular formula is C20H36O5. The van der Waals surface area contributed by atoms with E-state index in [0.29, 0.717) is 6.42 Å². The second kappa shape index (κ2) is 12.3. The van der Waals surface area contributed by atoms with Gasteiger partial charge in [-0.2, -0.15) is 0 Å². The molecule has 2 N–H and O–H groups in total. The highest BCUT2D eigenvalue weighted by atomic mass is 16.5. The third-order valence-corrected chi connectivity index (χ3v) is 4.99. The minimum absolute atomic E-state index is 0.214. The Balaban J connectivity index is 2.05. The molecule has 0 aromatic carbocycles. The molecule has 0 amide bonds. The molecular weight excluding hydrogens is 320 g/mol. The van der Waals surface area contributed by atoms with E-state index in [0.717, 1.165) is 12.8 Å². The Morgan fingerprint density at radius 2 is 1.56 bits per heavy atom. The molecule has 0 saturated carbocycles. The molecule has 0 aromatic rings. The maximum atomic E-state index is 11.6. The van der Waals surface area contributed by atoms with Gasteiger partial charge in [0, 0.05) is 6.42 Å². The predicted molar refractivity (Wildman–Crippen MR) is 97.4 cm³/mol. The van der Waals surface area contributed by atoms with Crippen molar-refractivity contribution in [3.63, 3.8) is 0 Å². The van der Waals surface area contributed by atoms with Crippen molar-refractivity contribution < 1.29 is 24.5 Å². The zero-order valence-electron chi connectivity index (χ0n) is 15.8. The second-order valence-electron chi connectivity index (χ2n) is 7.61. The molecule has 0 radical (unpaired) electrons. The van der Waals surface area contributed by atoms with Crippen LogP contribution in [0.25, 0.3) is 0 Å². The van der Waals surface area contributed by atoms with Crippen molar-refractivity contribution in [1.29, 1.82) is 0 Å². The molecule has 5 nitrogen and oxygen atoms in total. The van der Waals surface area contributed by atoms with Gasteiger partial charge in [-0.05, 0) is 12.8 Å². The normalized spacial score (nSPS) is 23.4. The van der Waals surface area contributed by atoms with E-state index in [1.807, 2.05) is 0 Å². The van der Waals surface area contributed by atoms with Crippen molar-refractivity contribution in [3.05, 3.63) is 0 Å². The largest absolute Gasteiger partial charge is 0.481 e. The number of carboxylic acid groups (broad SMARTS) is 1. The van der Waals surface area contributed by atoms with E-state index in [2.05, 4.69) is 6.92 Å². The molecule has 1 aliphatic heterocycles. The standard InChI is InChI=1S/C20H36O5/c1-2-3-4-5-6-7-8-9-10-11-12-13-17-14-20(24,15-18(21)22)16-19(23)25-17/h17,24H,2-16H2,1H3,(H,21,22). The number of carboxylic acids is 1. The topological polar surface area (TPSA) is 83.8 Å². The van der Waals surface area contributed by atoms with Gasteiger partial charge < -0.3 is 14.9 Å². The van der Waals surface area contributed by atoms with Crippen LogP contribution >= 0.6 is 0 Å². The van der Waals surface area contributed by atoms with Gasteiger partial charge in [-0.15, -0.1) is 0 Å². The molecule has 1 aliphatic rings. The first kappa shape index (κ1) is 21.9. The van der Waals surface area contributed by atoms with E-state index in [-0.39, 0.29) is 18.9 Å². The minimum atomic E-state index is -1.44. The summed E-state index contributed by atoms with van der Waals surface area (Å²) in [4.78, 5) is 22.4. The molecule has 1 rings (SSSR count). The van der Waals surface area contributed by atoms with Crippen molar-refractivity contribution in [3.8, 4) is 0 Å². The third-order valence-electron chi connectivity index (χ3n) is 4.99. The average molecular weight is 357 g/mol. The van der Waals surface area contributed by atoms with Gasteiger partial charge in [0.05, 0.1) is 18.4 Å². The number of carbonyl (C=O) groups excluding carboxylic acids is 1. The molecule has 0 bridgehead atoms. The highest BCUT2D eigenvalue weighted by molar-refractivity contribution is 5.75. The first-order chi connectivity index (χ1) is 11.9. The van der Waals surface area contributed by atoms with Gasteiger partial charge in [-0.3, -0.25) is 9.59 Å². The van der Waals surface area contributed by atoms with Crippen LogP contribution in [0, 0.1) is 0 Å². The van der Waals surface area contributed by atoms with Gasteiger partial charge in [-0.1, -0.05) is 71.1 Å². The lowest BCUT2D eigenvalue weighted by Gasteiger charge is -2.35. The summed E-state index contributed by atoms with van der Waals surface area (Å²) in [6, 6.07) is 0. The summed E-state index contributed by atoms with van der Waals surface area (Å²) in [7, 11) is 0. The maximum absolute atomic E-state index is 11.6. The van der Waals surface area contributed by atoms with Gasteiger partial charge in [0.25, 0.3) is 0 Å². The Hall–Kier alpha value is -1.10. The van der Waals surface area contributed by atoms with Crippen LogP contribution in [0.2, 0.25) is 0 Å². The summed E-state index contributed by atoms with van der Waals surface area (Å²) < 4.78 is 5.26. The van der Waals surface area contributed by atoms with Crippen molar-refractivity contribution in [2.24, 2.45) is 0 Å². The van der Waals surface area contributed by atoms with Crippen LogP contribution in [0.4, 0.5) is 0 Å². The van der Waals surface area contributed by atoms with Crippen LogP contribution in [0.15, 0.2) is 0 Å². The molecule has 1 heterocycles. The Labute approximate surface area is 152 Å². The van der Waals surface area contributed by atoms with Gasteiger partial charge >= 0.3 is 11.9 Å². The Kier molecular flexibility index (Phi) is 10.8. The minimum Gasteiger partial charge on any atom is -0.481 e. The fraction of sp³-hybridized carbons (Fsp3) is 0.900. The van der Waals surface area contributed by atoms with Crippen LogP contribution in [-0.4, -0.2) is 33.9 Å². The highest BCUT2D eigenvalue weighted by Crippen LogP contribution is 2.31. The zero-order valence-corrected chi connectivity index (χ0v) is 15.8. The molecule has 5 heteroatoms. The SMILES string of the molecule is CCCCCCCCCCCCCC1CC(O)(CC(=O)O)CC(=O)O1. The first-order valence-electron chi connectivity index (χ1n) is 10.1. The van der Waals surface area contributed by atoms with Crippen molar-refractivity contribution in [2.75, 3.05) is 0 Å². The number of rotatable bonds is 14. The molecule has 0 aromatic heterocycles. The van der Waals surface area contributed by atoms with Crippen LogP contribution in [0.5, 0.6) is 0 Å². The summed E-state index contributed by atoms with van der Waals surface area (Å²) >= 11 is 0. The van der Waals surface area contributed by atoms with Gasteiger partial charge in [0.15, 0.2) is 0 Å². The van der Waals surface area contributed by atoms with Crippen LogP contribution in [0.3, 0.4) is 0 Å². The first-order valence-corrected chi connectivity index (χ1v) is 10.1. The number of carbonyl (C=O) groups is 2. The molecule has 1 saturated heterocycles. The number of cyclic esters (lactones) is 1. The molecule has 0 aliphatic carbocycles. The van der Waals surface area contributed by atoms with Gasteiger partial charge in [0.1, 0.15) is 6.10 Å². The van der Waals surface area contributed by atoms with E-state index < -0.39 is 24.0 Å². The summed E-state index contributed by atoms with van der Waals surface area (Å²) in [5.74, 6) is -1.56. The zero-order chi connectivity index (χ0) is 18.5. The van der Waals surface area contributed by atoms with Crippen molar-refractivity contribution in [2.45, 2.75) is 115 Å². The maximum Gasteiger partial charge on any atom is 0.309 e. The van der Waals surface area contributed by atoms with E-state index in [1.54, 1.807) is 0 Å². The Morgan fingerprint density at radius 3 is 2.08 bits per heavy atom. The Morgan fingerprint density at radius 1 is 1.04 bits per heavy atom. The number of hydrogen-bond donors (Lipinski definition) is 2. The lowest BCUT2D eigenvalue weighted by Crippen LogP contribution is -2.44. The third kappa shape index (κ3) is 10.5. The van der Waals surface area contributed by atoms with Crippen LogP contribution in [-0.2, 0) is 14.3 Å².